The number of nitrogens with zero attached hydrogens (tertiary/aromatic N) is 3. The lowest BCUT2D eigenvalue weighted by Gasteiger charge is -2.23. The number of hydrogen-bond acceptors (Lipinski definition) is 7. The van der Waals surface area contributed by atoms with Crippen molar-refractivity contribution in [2.45, 2.75) is 32.2 Å². The molecule has 1 fully saturated rings. The number of unbranched alkanes of at least 4 members (excludes halogenated alkanes) is 2. The summed E-state index contributed by atoms with van der Waals surface area (Å²) in [7, 11) is 0. The lowest BCUT2D eigenvalue weighted by molar-refractivity contribution is -0.132. The SMILES string of the molecule is CCCCCOc1ccc(C2C(=C(O)c3ccncc3)C(=O)C(=O)N2c2nccs2)cc1. The molecule has 2 aromatic heterocycles. The summed E-state index contributed by atoms with van der Waals surface area (Å²) >= 11 is 1.26. The van der Waals surface area contributed by atoms with Crippen LogP contribution in [0.15, 0.2) is 65.9 Å². The second-order valence-electron chi connectivity index (χ2n) is 7.34. The number of aliphatic hydroxyl groups is 1. The molecule has 0 radical (unpaired) electrons. The smallest absolute Gasteiger partial charge is 0.301 e. The van der Waals surface area contributed by atoms with Crippen molar-refractivity contribution in [3.05, 3.63) is 77.1 Å². The Morgan fingerprint density at radius 2 is 1.84 bits per heavy atom. The quantitative estimate of drug-likeness (QED) is 0.231. The summed E-state index contributed by atoms with van der Waals surface area (Å²) in [6.45, 7) is 2.77. The van der Waals surface area contributed by atoms with Crippen molar-refractivity contribution in [2.24, 2.45) is 0 Å². The molecule has 3 heterocycles. The van der Waals surface area contributed by atoms with Crippen LogP contribution in [0, 0.1) is 0 Å². The van der Waals surface area contributed by atoms with Crippen LogP contribution >= 0.6 is 11.3 Å². The Hall–Kier alpha value is -3.52. The number of pyridine rings is 1. The Morgan fingerprint density at radius 1 is 1.09 bits per heavy atom. The normalized spacial score (nSPS) is 17.7. The first-order valence-corrected chi connectivity index (χ1v) is 11.3. The number of aliphatic hydroxyl groups excluding tert-OH is 1. The predicted molar refractivity (Wildman–Crippen MR) is 123 cm³/mol. The lowest BCUT2D eigenvalue weighted by atomic mass is 9.95. The van der Waals surface area contributed by atoms with Gasteiger partial charge in [-0.25, -0.2) is 4.98 Å². The molecule has 1 N–H and O–H groups in total. The maximum atomic E-state index is 13.0. The number of thiazole rings is 1. The Labute approximate surface area is 190 Å². The number of carbonyl (C=O) groups excluding carboxylic acids is 2. The van der Waals surface area contributed by atoms with Crippen molar-refractivity contribution in [1.29, 1.82) is 0 Å². The average molecular weight is 450 g/mol. The molecule has 1 aliphatic heterocycles. The first-order valence-electron chi connectivity index (χ1n) is 10.5. The second kappa shape index (κ2) is 9.74. The van der Waals surface area contributed by atoms with Gasteiger partial charge in [0.1, 0.15) is 11.5 Å². The van der Waals surface area contributed by atoms with E-state index in [9.17, 15) is 14.7 Å². The van der Waals surface area contributed by atoms with E-state index in [1.54, 1.807) is 23.7 Å². The van der Waals surface area contributed by atoms with Gasteiger partial charge >= 0.3 is 5.91 Å². The molecular formula is C24H23N3O4S. The summed E-state index contributed by atoms with van der Waals surface area (Å²) in [6, 6.07) is 9.64. The fraction of sp³-hybridized carbons (Fsp3) is 0.250. The summed E-state index contributed by atoms with van der Waals surface area (Å²) in [5.74, 6) is -1.00. The van der Waals surface area contributed by atoms with Crippen LogP contribution in [0.25, 0.3) is 5.76 Å². The number of aromatic nitrogens is 2. The number of ether oxygens (including phenoxy) is 1. The van der Waals surface area contributed by atoms with Crippen LogP contribution in [0.1, 0.15) is 43.4 Å². The maximum absolute atomic E-state index is 13.0. The second-order valence-corrected chi connectivity index (χ2v) is 8.22. The van der Waals surface area contributed by atoms with Gasteiger partial charge in [0.15, 0.2) is 5.13 Å². The molecule has 32 heavy (non-hydrogen) atoms. The number of hydrogen-bond donors (Lipinski definition) is 1. The van der Waals surface area contributed by atoms with Crippen molar-refractivity contribution >= 4 is 33.9 Å². The molecular weight excluding hydrogens is 426 g/mol. The predicted octanol–water partition coefficient (Wildman–Crippen LogP) is 4.73. The van der Waals surface area contributed by atoms with E-state index in [2.05, 4.69) is 16.9 Å². The van der Waals surface area contributed by atoms with Crippen molar-refractivity contribution in [3.8, 4) is 5.75 Å². The molecule has 0 aliphatic carbocycles. The Kier molecular flexibility index (Phi) is 6.61. The van der Waals surface area contributed by atoms with Crippen LogP contribution in [0.4, 0.5) is 5.13 Å². The van der Waals surface area contributed by atoms with Gasteiger partial charge in [-0.15, -0.1) is 11.3 Å². The Morgan fingerprint density at radius 3 is 2.50 bits per heavy atom. The van der Waals surface area contributed by atoms with Crippen LogP contribution < -0.4 is 9.64 Å². The molecule has 0 spiro atoms. The minimum atomic E-state index is -0.802. The van der Waals surface area contributed by atoms with Gasteiger partial charge in [-0.3, -0.25) is 19.5 Å². The van der Waals surface area contributed by atoms with Crippen LogP contribution in [-0.2, 0) is 9.59 Å². The molecule has 1 aliphatic rings. The van der Waals surface area contributed by atoms with E-state index in [-0.39, 0.29) is 11.3 Å². The number of carbonyl (C=O) groups is 2. The van der Waals surface area contributed by atoms with Gasteiger partial charge < -0.3 is 9.84 Å². The largest absolute Gasteiger partial charge is 0.507 e. The van der Waals surface area contributed by atoms with Gasteiger partial charge in [0.05, 0.1) is 18.2 Å². The molecule has 1 unspecified atom stereocenters. The highest BCUT2D eigenvalue weighted by Gasteiger charge is 2.47. The summed E-state index contributed by atoms with van der Waals surface area (Å²) in [5.41, 5.74) is 1.11. The minimum Gasteiger partial charge on any atom is -0.507 e. The number of Topliss-reactive ketones (excluding diaryl/α,β-unsaturated/α-hetero) is 1. The van der Waals surface area contributed by atoms with E-state index in [0.29, 0.717) is 28.6 Å². The molecule has 1 amide bonds. The van der Waals surface area contributed by atoms with Crippen molar-refractivity contribution in [1.82, 2.24) is 9.97 Å². The average Bonchev–Trinajstić information content (AvgIpc) is 3.44. The number of anilines is 1. The standard InChI is InChI=1S/C24H23N3O4S/c1-2-3-4-14-31-18-7-5-16(6-8-18)20-19(21(28)17-9-11-25-12-10-17)22(29)23(30)27(20)24-26-13-15-32-24/h5-13,15,20,28H,2-4,14H2,1H3. The summed E-state index contributed by atoms with van der Waals surface area (Å²) < 4.78 is 5.78. The zero-order chi connectivity index (χ0) is 22.5. The van der Waals surface area contributed by atoms with Crippen LogP contribution in [0.2, 0.25) is 0 Å². The zero-order valence-corrected chi connectivity index (χ0v) is 18.4. The summed E-state index contributed by atoms with van der Waals surface area (Å²) in [5, 5.41) is 13.1. The van der Waals surface area contributed by atoms with E-state index in [4.69, 9.17) is 4.74 Å². The van der Waals surface area contributed by atoms with Crippen LogP contribution in [0.3, 0.4) is 0 Å². The highest BCUT2D eigenvalue weighted by molar-refractivity contribution is 7.14. The first kappa shape index (κ1) is 21.7. The van der Waals surface area contributed by atoms with E-state index < -0.39 is 17.7 Å². The number of rotatable bonds is 8. The fourth-order valence-corrected chi connectivity index (χ4v) is 4.30. The van der Waals surface area contributed by atoms with E-state index in [0.717, 1.165) is 19.3 Å². The number of ketones is 1. The summed E-state index contributed by atoms with van der Waals surface area (Å²) in [4.78, 5) is 35.5. The third-order valence-corrected chi connectivity index (χ3v) is 6.01. The molecule has 8 heteroatoms. The van der Waals surface area contributed by atoms with E-state index >= 15 is 0 Å². The third kappa shape index (κ3) is 4.27. The molecule has 4 rings (SSSR count). The van der Waals surface area contributed by atoms with E-state index in [1.165, 1.54) is 28.6 Å². The van der Waals surface area contributed by atoms with Gasteiger partial charge in [-0.1, -0.05) is 31.9 Å². The topological polar surface area (TPSA) is 92.6 Å². The molecule has 1 atom stereocenters. The van der Waals surface area contributed by atoms with Gasteiger partial charge in [0, 0.05) is 29.5 Å². The van der Waals surface area contributed by atoms with Crippen molar-refractivity contribution in [2.75, 3.05) is 11.5 Å². The van der Waals surface area contributed by atoms with E-state index in [1.807, 2.05) is 24.3 Å². The maximum Gasteiger partial charge on any atom is 0.301 e. The van der Waals surface area contributed by atoms with Gasteiger partial charge in [0.2, 0.25) is 0 Å². The van der Waals surface area contributed by atoms with Gasteiger partial charge in [-0.05, 0) is 36.2 Å². The number of benzene rings is 1. The Balaban J connectivity index is 1.74. The molecule has 164 valence electrons. The molecule has 3 aromatic rings. The molecule has 0 saturated carbocycles. The number of amides is 1. The third-order valence-electron chi connectivity index (χ3n) is 5.24. The highest BCUT2D eigenvalue weighted by atomic mass is 32.1. The van der Waals surface area contributed by atoms with Crippen LogP contribution in [0.5, 0.6) is 5.75 Å². The fourth-order valence-electron chi connectivity index (χ4n) is 3.63. The molecule has 1 saturated heterocycles. The zero-order valence-electron chi connectivity index (χ0n) is 17.6. The van der Waals surface area contributed by atoms with Crippen molar-refractivity contribution < 1.29 is 19.4 Å². The minimum absolute atomic E-state index is 0.0213. The van der Waals surface area contributed by atoms with Gasteiger partial charge in [0.25, 0.3) is 5.78 Å². The molecule has 0 bridgehead atoms. The van der Waals surface area contributed by atoms with Gasteiger partial charge in [-0.2, -0.15) is 0 Å². The van der Waals surface area contributed by atoms with Crippen LogP contribution in [-0.4, -0.2) is 33.4 Å². The van der Waals surface area contributed by atoms with Crippen molar-refractivity contribution in [3.63, 3.8) is 0 Å². The molecule has 1 aromatic carbocycles. The lowest BCUT2D eigenvalue weighted by Crippen LogP contribution is -2.29. The highest BCUT2D eigenvalue weighted by Crippen LogP contribution is 2.42. The monoisotopic (exact) mass is 449 g/mol. The first-order chi connectivity index (χ1) is 15.6. The summed E-state index contributed by atoms with van der Waals surface area (Å²) in [6.07, 6.45) is 7.82. The molecule has 7 nitrogen and oxygen atoms in total. The Bertz CT molecular complexity index is 1110.